The van der Waals surface area contributed by atoms with Gasteiger partial charge in [-0.25, -0.2) is 0 Å². The first-order valence-electron chi connectivity index (χ1n) is 8.74. The third kappa shape index (κ3) is 4.38. The Kier molecular flexibility index (Phi) is 5.93. The van der Waals surface area contributed by atoms with E-state index in [4.69, 9.17) is 4.74 Å². The zero-order valence-corrected chi connectivity index (χ0v) is 15.9. The molecule has 1 aromatic carbocycles. The lowest BCUT2D eigenvalue weighted by Gasteiger charge is -2.25. The molecule has 0 atom stereocenters. The average Bonchev–Trinajstić information content (AvgIpc) is 3.22. The molecule has 24 heavy (non-hydrogen) atoms. The van der Waals surface area contributed by atoms with Gasteiger partial charge in [-0.3, -0.25) is 4.90 Å². The first-order chi connectivity index (χ1) is 11.7. The number of likely N-dealkylation sites (N-methyl/N-ethyl adjacent to an activating group) is 1. The molecule has 0 bridgehead atoms. The summed E-state index contributed by atoms with van der Waals surface area (Å²) < 4.78 is 5.70. The number of hydrogen-bond donors (Lipinski definition) is 0. The molecule has 130 valence electrons. The fraction of sp³-hybridized carbons (Fsp3) is 0.500. The summed E-state index contributed by atoms with van der Waals surface area (Å²) in [5, 5.41) is 2.16. The molecule has 1 aliphatic carbocycles. The monoisotopic (exact) mass is 344 g/mol. The highest BCUT2D eigenvalue weighted by atomic mass is 32.1. The Labute approximate surface area is 149 Å². The van der Waals surface area contributed by atoms with Gasteiger partial charge in [0.15, 0.2) is 0 Å². The number of ether oxygens (including phenoxy) is 1. The van der Waals surface area contributed by atoms with Crippen LogP contribution in [0.3, 0.4) is 0 Å². The maximum Gasteiger partial charge on any atom is 0.123 e. The lowest BCUT2D eigenvalue weighted by Crippen LogP contribution is -2.31. The molecule has 0 spiro atoms. The van der Waals surface area contributed by atoms with Crippen molar-refractivity contribution in [3.05, 3.63) is 51.2 Å². The molecule has 0 N–H and O–H groups in total. The topological polar surface area (TPSA) is 15.7 Å². The van der Waals surface area contributed by atoms with Crippen molar-refractivity contribution < 1.29 is 4.74 Å². The van der Waals surface area contributed by atoms with Gasteiger partial charge in [-0.2, -0.15) is 0 Å². The first kappa shape index (κ1) is 17.5. The van der Waals surface area contributed by atoms with Crippen LogP contribution in [0.25, 0.3) is 0 Å². The second-order valence-electron chi connectivity index (χ2n) is 6.88. The third-order valence-electron chi connectivity index (χ3n) is 4.71. The zero-order chi connectivity index (χ0) is 16.9. The normalized spacial score (nSPS) is 13.7. The lowest BCUT2D eigenvalue weighted by molar-refractivity contribution is 0.225. The summed E-state index contributed by atoms with van der Waals surface area (Å²) in [4.78, 5) is 6.21. The van der Waals surface area contributed by atoms with Crippen LogP contribution in [0.5, 0.6) is 5.75 Å². The summed E-state index contributed by atoms with van der Waals surface area (Å²) in [5.74, 6) is 1.05. The Morgan fingerprint density at radius 3 is 2.54 bits per heavy atom. The SMILES string of the molecule is COc1cc2c(cc1CN(CCN(C)C)Cc1cccs1)CCC2. The minimum atomic E-state index is 0.947. The molecule has 0 fully saturated rings. The van der Waals surface area contributed by atoms with Crippen molar-refractivity contribution in [1.82, 2.24) is 9.80 Å². The predicted molar refractivity (Wildman–Crippen MR) is 102 cm³/mol. The van der Waals surface area contributed by atoms with Crippen molar-refractivity contribution in [2.75, 3.05) is 34.3 Å². The summed E-state index contributed by atoms with van der Waals surface area (Å²) in [6, 6.07) is 9.03. The second-order valence-corrected chi connectivity index (χ2v) is 7.91. The van der Waals surface area contributed by atoms with Crippen LogP contribution in [-0.2, 0) is 25.9 Å². The van der Waals surface area contributed by atoms with E-state index in [-0.39, 0.29) is 0 Å². The van der Waals surface area contributed by atoms with Crippen molar-refractivity contribution >= 4 is 11.3 Å². The Hall–Kier alpha value is -1.36. The van der Waals surface area contributed by atoms with E-state index < -0.39 is 0 Å². The van der Waals surface area contributed by atoms with E-state index in [1.165, 1.54) is 40.8 Å². The highest BCUT2D eigenvalue weighted by molar-refractivity contribution is 7.09. The number of hydrogen-bond acceptors (Lipinski definition) is 4. The Morgan fingerprint density at radius 2 is 1.88 bits per heavy atom. The molecule has 3 nitrogen and oxygen atoms in total. The molecule has 0 aliphatic heterocycles. The fourth-order valence-electron chi connectivity index (χ4n) is 3.39. The van der Waals surface area contributed by atoms with Gasteiger partial charge >= 0.3 is 0 Å². The molecule has 3 rings (SSSR count). The van der Waals surface area contributed by atoms with Gasteiger partial charge in [0.2, 0.25) is 0 Å². The molecule has 0 saturated heterocycles. The molecule has 4 heteroatoms. The van der Waals surface area contributed by atoms with Crippen LogP contribution < -0.4 is 4.74 Å². The van der Waals surface area contributed by atoms with E-state index >= 15 is 0 Å². The lowest BCUT2D eigenvalue weighted by atomic mass is 10.0. The maximum atomic E-state index is 5.70. The molecule has 0 unspecified atom stereocenters. The second kappa shape index (κ2) is 8.15. The van der Waals surface area contributed by atoms with Gasteiger partial charge in [0.05, 0.1) is 7.11 Å². The third-order valence-corrected chi connectivity index (χ3v) is 5.57. The molecule has 1 aliphatic rings. The summed E-state index contributed by atoms with van der Waals surface area (Å²) >= 11 is 1.84. The minimum Gasteiger partial charge on any atom is -0.496 e. The van der Waals surface area contributed by atoms with Crippen molar-refractivity contribution in [3.8, 4) is 5.75 Å². The van der Waals surface area contributed by atoms with Crippen molar-refractivity contribution in [2.24, 2.45) is 0 Å². The number of nitrogens with zero attached hydrogens (tertiary/aromatic N) is 2. The van der Waals surface area contributed by atoms with Gasteiger partial charge < -0.3 is 9.64 Å². The molecule has 1 aromatic heterocycles. The molecular weight excluding hydrogens is 316 g/mol. The quantitative estimate of drug-likeness (QED) is 0.724. The number of rotatable bonds is 8. The van der Waals surface area contributed by atoms with E-state index in [9.17, 15) is 0 Å². The van der Waals surface area contributed by atoms with E-state index in [1.807, 2.05) is 11.3 Å². The van der Waals surface area contributed by atoms with Gasteiger partial charge in [-0.05, 0) is 62.0 Å². The van der Waals surface area contributed by atoms with Gasteiger partial charge in [0, 0.05) is 36.6 Å². The molecule has 0 amide bonds. The molecular formula is C20H28N2OS. The Bertz CT molecular complexity index is 652. The minimum absolute atomic E-state index is 0.947. The van der Waals surface area contributed by atoms with Gasteiger partial charge in [-0.1, -0.05) is 12.1 Å². The summed E-state index contributed by atoms with van der Waals surface area (Å²) in [5.41, 5.74) is 4.33. The largest absolute Gasteiger partial charge is 0.496 e. The Balaban J connectivity index is 1.78. The standard InChI is InChI=1S/C20H28N2OS/c1-21(2)9-10-22(15-19-8-5-11-24-19)14-18-12-16-6-4-7-17(16)13-20(18)23-3/h5,8,11-13H,4,6-7,9-10,14-15H2,1-3H3. The van der Waals surface area contributed by atoms with Crippen LogP contribution in [0.1, 0.15) is 28.0 Å². The number of thiophene rings is 1. The number of aryl methyl sites for hydroxylation is 2. The number of fused-ring (bicyclic) bond motifs is 1. The van der Waals surface area contributed by atoms with Gasteiger partial charge in [0.25, 0.3) is 0 Å². The smallest absolute Gasteiger partial charge is 0.123 e. The highest BCUT2D eigenvalue weighted by Crippen LogP contribution is 2.31. The molecule has 0 saturated carbocycles. The molecule has 1 heterocycles. The van der Waals surface area contributed by atoms with Crippen LogP contribution in [-0.4, -0.2) is 44.1 Å². The highest BCUT2D eigenvalue weighted by Gasteiger charge is 2.17. The van der Waals surface area contributed by atoms with Crippen LogP contribution in [0, 0.1) is 0 Å². The van der Waals surface area contributed by atoms with E-state index in [0.29, 0.717) is 0 Å². The summed E-state index contributed by atoms with van der Waals surface area (Å²) in [6.45, 7) is 4.08. The van der Waals surface area contributed by atoms with Gasteiger partial charge in [0.1, 0.15) is 5.75 Å². The number of methoxy groups -OCH3 is 1. The van der Waals surface area contributed by atoms with E-state index in [2.05, 4.69) is 53.5 Å². The van der Waals surface area contributed by atoms with E-state index in [1.54, 1.807) is 7.11 Å². The van der Waals surface area contributed by atoms with Crippen LogP contribution >= 0.6 is 11.3 Å². The zero-order valence-electron chi connectivity index (χ0n) is 15.0. The Morgan fingerprint density at radius 1 is 1.08 bits per heavy atom. The van der Waals surface area contributed by atoms with Gasteiger partial charge in [-0.15, -0.1) is 11.3 Å². The van der Waals surface area contributed by atoms with E-state index in [0.717, 1.165) is 31.9 Å². The number of benzene rings is 1. The van der Waals surface area contributed by atoms with Crippen LogP contribution in [0.2, 0.25) is 0 Å². The van der Waals surface area contributed by atoms with Crippen molar-refractivity contribution in [3.63, 3.8) is 0 Å². The summed E-state index contributed by atoms with van der Waals surface area (Å²) in [6.07, 6.45) is 3.70. The van der Waals surface area contributed by atoms with Crippen molar-refractivity contribution in [2.45, 2.75) is 32.4 Å². The molecule has 0 radical (unpaired) electrons. The molecule has 2 aromatic rings. The predicted octanol–water partition coefficient (Wildman–Crippen LogP) is 3.81. The fourth-order valence-corrected chi connectivity index (χ4v) is 4.13. The average molecular weight is 345 g/mol. The van der Waals surface area contributed by atoms with Crippen molar-refractivity contribution in [1.29, 1.82) is 0 Å². The van der Waals surface area contributed by atoms with Crippen LogP contribution in [0.15, 0.2) is 29.6 Å². The summed E-state index contributed by atoms with van der Waals surface area (Å²) in [7, 11) is 6.07. The maximum absolute atomic E-state index is 5.70. The van der Waals surface area contributed by atoms with Crippen LogP contribution in [0.4, 0.5) is 0 Å². The first-order valence-corrected chi connectivity index (χ1v) is 9.62.